The molecule has 1 aromatic rings. The first-order valence-electron chi connectivity index (χ1n) is 6.40. The minimum Gasteiger partial charge on any atom is -0.504 e. The Bertz CT molecular complexity index is 464. The van der Waals surface area contributed by atoms with E-state index in [1.807, 2.05) is 0 Å². The van der Waals surface area contributed by atoms with E-state index < -0.39 is 0 Å². The van der Waals surface area contributed by atoms with Gasteiger partial charge in [-0.15, -0.1) is 0 Å². The van der Waals surface area contributed by atoms with Crippen LogP contribution in [0.15, 0.2) is 18.2 Å². The van der Waals surface area contributed by atoms with Crippen LogP contribution in [0.4, 0.5) is 0 Å². The summed E-state index contributed by atoms with van der Waals surface area (Å²) >= 11 is 3.48. The Morgan fingerprint density at radius 2 is 2.32 bits per heavy atom. The molecule has 1 aliphatic carbocycles. The maximum absolute atomic E-state index is 12.2. The number of alkyl halides is 1. The molecule has 1 aliphatic rings. The lowest BCUT2D eigenvalue weighted by atomic mass is 10.1. The summed E-state index contributed by atoms with van der Waals surface area (Å²) in [6.45, 7) is 0. The Morgan fingerprint density at radius 1 is 1.53 bits per heavy atom. The number of ether oxygens (including phenoxy) is 1. The average Bonchev–Trinajstić information content (AvgIpc) is 2.86. The van der Waals surface area contributed by atoms with Crippen molar-refractivity contribution in [2.45, 2.75) is 25.3 Å². The summed E-state index contributed by atoms with van der Waals surface area (Å²) in [6, 6.07) is 5.11. The van der Waals surface area contributed by atoms with Crippen LogP contribution in [0.2, 0.25) is 0 Å². The van der Waals surface area contributed by atoms with Crippen LogP contribution in [0.5, 0.6) is 11.5 Å². The fourth-order valence-electron chi connectivity index (χ4n) is 2.53. The number of hydrogen-bond donors (Lipinski definition) is 2. The summed E-state index contributed by atoms with van der Waals surface area (Å²) in [6.07, 6.45) is 3.25. The molecule has 0 saturated heterocycles. The Kier molecular flexibility index (Phi) is 4.69. The SMILES string of the molecule is COc1cccc(C(=O)NC2CCCC2CBr)c1O. The lowest BCUT2D eigenvalue weighted by Gasteiger charge is -2.19. The zero-order valence-corrected chi connectivity index (χ0v) is 12.4. The number of aromatic hydroxyl groups is 1. The van der Waals surface area contributed by atoms with Crippen LogP contribution < -0.4 is 10.1 Å². The fraction of sp³-hybridized carbons (Fsp3) is 0.500. The monoisotopic (exact) mass is 327 g/mol. The molecule has 5 heteroatoms. The number of methoxy groups -OCH3 is 1. The van der Waals surface area contributed by atoms with Crippen LogP contribution in [0, 0.1) is 5.92 Å². The zero-order valence-electron chi connectivity index (χ0n) is 10.9. The molecular weight excluding hydrogens is 310 g/mol. The molecule has 2 atom stereocenters. The number of rotatable bonds is 4. The van der Waals surface area contributed by atoms with Gasteiger partial charge in [-0.1, -0.05) is 28.4 Å². The van der Waals surface area contributed by atoms with Crippen LogP contribution in [0.1, 0.15) is 29.6 Å². The number of para-hydroxylation sites is 1. The van der Waals surface area contributed by atoms with Crippen molar-refractivity contribution >= 4 is 21.8 Å². The molecule has 0 aromatic heterocycles. The van der Waals surface area contributed by atoms with Crippen LogP contribution in [0.25, 0.3) is 0 Å². The minimum atomic E-state index is -0.241. The maximum Gasteiger partial charge on any atom is 0.255 e. The van der Waals surface area contributed by atoms with Crippen molar-refractivity contribution in [3.63, 3.8) is 0 Å². The van der Waals surface area contributed by atoms with Gasteiger partial charge in [0.15, 0.2) is 11.5 Å². The molecule has 0 radical (unpaired) electrons. The molecule has 0 spiro atoms. The molecule has 2 unspecified atom stereocenters. The number of amides is 1. The summed E-state index contributed by atoms with van der Waals surface area (Å²) in [5, 5.41) is 13.9. The summed E-state index contributed by atoms with van der Waals surface area (Å²) in [7, 11) is 1.47. The van der Waals surface area contributed by atoms with E-state index in [0.29, 0.717) is 11.7 Å². The van der Waals surface area contributed by atoms with Crippen molar-refractivity contribution in [1.82, 2.24) is 5.32 Å². The molecule has 2 rings (SSSR count). The predicted molar refractivity (Wildman–Crippen MR) is 77.0 cm³/mol. The van der Waals surface area contributed by atoms with E-state index in [1.165, 1.54) is 7.11 Å². The number of benzene rings is 1. The molecule has 0 aliphatic heterocycles. The summed E-state index contributed by atoms with van der Waals surface area (Å²) in [5.41, 5.74) is 0.263. The molecule has 2 N–H and O–H groups in total. The first-order valence-corrected chi connectivity index (χ1v) is 7.52. The number of phenolic OH excluding ortho intramolecular Hbond substituents is 1. The second-order valence-corrected chi connectivity index (χ2v) is 5.43. The molecule has 1 fully saturated rings. The number of halogens is 1. The van der Waals surface area contributed by atoms with E-state index >= 15 is 0 Å². The summed E-state index contributed by atoms with van der Waals surface area (Å²) in [5.74, 6) is 0.443. The van der Waals surface area contributed by atoms with E-state index in [2.05, 4.69) is 21.2 Å². The van der Waals surface area contributed by atoms with E-state index in [0.717, 1.165) is 24.6 Å². The first-order chi connectivity index (χ1) is 9.17. The standard InChI is InChI=1S/C14H18BrNO3/c1-19-12-7-3-5-10(13(12)17)14(18)16-11-6-2-4-9(11)8-15/h3,5,7,9,11,17H,2,4,6,8H2,1H3,(H,16,18). The van der Waals surface area contributed by atoms with Gasteiger partial charge in [0.1, 0.15) is 0 Å². The quantitative estimate of drug-likeness (QED) is 0.836. The number of hydrogen-bond acceptors (Lipinski definition) is 3. The average molecular weight is 328 g/mol. The van der Waals surface area contributed by atoms with Crippen molar-refractivity contribution in [3.05, 3.63) is 23.8 Å². The van der Waals surface area contributed by atoms with Crippen molar-refractivity contribution in [1.29, 1.82) is 0 Å². The van der Waals surface area contributed by atoms with Gasteiger partial charge in [0.2, 0.25) is 0 Å². The molecule has 1 saturated carbocycles. The van der Waals surface area contributed by atoms with Gasteiger partial charge in [-0.05, 0) is 30.9 Å². The lowest BCUT2D eigenvalue weighted by Crippen LogP contribution is -2.37. The van der Waals surface area contributed by atoms with Crippen LogP contribution >= 0.6 is 15.9 Å². The van der Waals surface area contributed by atoms with Crippen molar-refractivity contribution in [3.8, 4) is 11.5 Å². The summed E-state index contributed by atoms with van der Waals surface area (Å²) < 4.78 is 5.01. The molecule has 1 aromatic carbocycles. The number of phenols is 1. The third kappa shape index (κ3) is 3.03. The highest BCUT2D eigenvalue weighted by Gasteiger charge is 2.28. The highest BCUT2D eigenvalue weighted by Crippen LogP contribution is 2.31. The van der Waals surface area contributed by atoms with E-state index in [9.17, 15) is 9.90 Å². The maximum atomic E-state index is 12.2. The van der Waals surface area contributed by atoms with Crippen LogP contribution in [-0.2, 0) is 0 Å². The largest absolute Gasteiger partial charge is 0.504 e. The third-order valence-corrected chi connectivity index (χ3v) is 4.47. The molecule has 4 nitrogen and oxygen atoms in total. The van der Waals surface area contributed by atoms with Gasteiger partial charge in [0, 0.05) is 11.4 Å². The first kappa shape index (κ1) is 14.2. The van der Waals surface area contributed by atoms with Crippen molar-refractivity contribution in [2.24, 2.45) is 5.92 Å². The van der Waals surface area contributed by atoms with Gasteiger partial charge >= 0.3 is 0 Å². The smallest absolute Gasteiger partial charge is 0.255 e. The van der Waals surface area contributed by atoms with Gasteiger partial charge < -0.3 is 15.2 Å². The highest BCUT2D eigenvalue weighted by molar-refractivity contribution is 9.09. The van der Waals surface area contributed by atoms with Gasteiger partial charge in [-0.25, -0.2) is 0 Å². The Hall–Kier alpha value is -1.23. The van der Waals surface area contributed by atoms with E-state index in [4.69, 9.17) is 4.74 Å². The molecule has 1 amide bonds. The van der Waals surface area contributed by atoms with Crippen LogP contribution in [-0.4, -0.2) is 29.5 Å². The molecule has 0 heterocycles. The van der Waals surface area contributed by atoms with Gasteiger partial charge in [-0.2, -0.15) is 0 Å². The molecule has 104 valence electrons. The number of nitrogens with one attached hydrogen (secondary N) is 1. The number of carbonyl (C=O) groups is 1. The Labute approximate surface area is 121 Å². The minimum absolute atomic E-state index is 0.101. The van der Waals surface area contributed by atoms with E-state index in [-0.39, 0.29) is 23.3 Å². The second kappa shape index (κ2) is 6.28. The Balaban J connectivity index is 2.12. The van der Waals surface area contributed by atoms with Gasteiger partial charge in [-0.3, -0.25) is 4.79 Å². The normalized spacial score (nSPS) is 22.2. The highest BCUT2D eigenvalue weighted by atomic mass is 79.9. The predicted octanol–water partition coefficient (Wildman–Crippen LogP) is 2.69. The number of carbonyl (C=O) groups excluding carboxylic acids is 1. The summed E-state index contributed by atoms with van der Waals surface area (Å²) in [4.78, 5) is 12.2. The molecule has 19 heavy (non-hydrogen) atoms. The van der Waals surface area contributed by atoms with Crippen LogP contribution in [0.3, 0.4) is 0 Å². The van der Waals surface area contributed by atoms with Crippen molar-refractivity contribution in [2.75, 3.05) is 12.4 Å². The lowest BCUT2D eigenvalue weighted by molar-refractivity contribution is 0.0927. The molecule has 0 bridgehead atoms. The fourth-order valence-corrected chi connectivity index (χ4v) is 3.30. The van der Waals surface area contributed by atoms with Gasteiger partial charge in [0.25, 0.3) is 5.91 Å². The van der Waals surface area contributed by atoms with Crippen molar-refractivity contribution < 1.29 is 14.6 Å². The van der Waals surface area contributed by atoms with E-state index in [1.54, 1.807) is 18.2 Å². The third-order valence-electron chi connectivity index (χ3n) is 3.64. The second-order valence-electron chi connectivity index (χ2n) is 4.78. The molecular formula is C14H18BrNO3. The van der Waals surface area contributed by atoms with Gasteiger partial charge in [0.05, 0.1) is 12.7 Å². The Morgan fingerprint density at radius 3 is 3.00 bits per heavy atom. The topological polar surface area (TPSA) is 58.6 Å². The zero-order chi connectivity index (χ0) is 13.8.